The van der Waals surface area contributed by atoms with E-state index in [1.165, 1.54) is 18.2 Å². The summed E-state index contributed by atoms with van der Waals surface area (Å²) in [5, 5.41) is 2.91. The predicted octanol–water partition coefficient (Wildman–Crippen LogP) is 3.43. The largest absolute Gasteiger partial charge is 0.494 e. The van der Waals surface area contributed by atoms with E-state index in [0.29, 0.717) is 12.4 Å². The van der Waals surface area contributed by atoms with Crippen molar-refractivity contribution in [3.05, 3.63) is 52.0 Å². The molecule has 1 amide bonds. The topological polar surface area (TPSA) is 93.7 Å². The Balaban J connectivity index is 1.52. The van der Waals surface area contributed by atoms with Gasteiger partial charge in [0.1, 0.15) is 22.5 Å². The standard InChI is InChI=1S/C22H25ClN2O5S/c1-3-29-19-9-15-8-13(2)30-20(15)10-16(19)12-24-22(26)14-4-7-18(23)21(11-14)31(27,28)25-17-5-6-17/h4,7,9-11,13,17,25H,3,5-6,8,12H2,1-2H3,(H,24,26)/t13-/m0/s1. The Kier molecular flexibility index (Phi) is 6.14. The maximum atomic E-state index is 12.8. The summed E-state index contributed by atoms with van der Waals surface area (Å²) in [5.74, 6) is 1.09. The highest BCUT2D eigenvalue weighted by Crippen LogP contribution is 2.35. The molecule has 0 bridgehead atoms. The number of benzene rings is 2. The minimum absolute atomic E-state index is 0.0553. The van der Waals surface area contributed by atoms with Gasteiger partial charge in [-0.2, -0.15) is 0 Å². The van der Waals surface area contributed by atoms with E-state index >= 15 is 0 Å². The lowest BCUT2D eigenvalue weighted by molar-refractivity contribution is 0.0950. The zero-order chi connectivity index (χ0) is 22.2. The molecule has 31 heavy (non-hydrogen) atoms. The van der Waals surface area contributed by atoms with Crippen LogP contribution in [-0.4, -0.2) is 33.1 Å². The molecule has 1 heterocycles. The van der Waals surface area contributed by atoms with Crippen LogP contribution in [-0.2, 0) is 23.0 Å². The van der Waals surface area contributed by atoms with Crippen molar-refractivity contribution >= 4 is 27.5 Å². The SMILES string of the molecule is CCOc1cc2c(cc1CNC(=O)c1ccc(Cl)c(S(=O)(=O)NC3CC3)c1)O[C@@H](C)C2. The molecule has 4 rings (SSSR count). The summed E-state index contributed by atoms with van der Waals surface area (Å²) in [6.45, 7) is 4.62. The monoisotopic (exact) mass is 464 g/mol. The van der Waals surface area contributed by atoms with Gasteiger partial charge in [0, 0.05) is 35.7 Å². The molecule has 9 heteroatoms. The second kappa shape index (κ2) is 8.68. The van der Waals surface area contributed by atoms with Crippen molar-refractivity contribution in [2.75, 3.05) is 6.61 Å². The first-order valence-electron chi connectivity index (χ1n) is 10.3. The van der Waals surface area contributed by atoms with Crippen LogP contribution in [0.25, 0.3) is 0 Å². The van der Waals surface area contributed by atoms with Crippen LogP contribution in [0.1, 0.15) is 48.2 Å². The summed E-state index contributed by atoms with van der Waals surface area (Å²) in [5.41, 5.74) is 2.09. The molecule has 0 spiro atoms. The van der Waals surface area contributed by atoms with E-state index in [4.69, 9.17) is 21.1 Å². The van der Waals surface area contributed by atoms with Gasteiger partial charge in [0.25, 0.3) is 5.91 Å². The number of halogens is 1. The van der Waals surface area contributed by atoms with Crippen molar-refractivity contribution in [2.45, 2.75) is 56.7 Å². The number of hydrogen-bond donors (Lipinski definition) is 2. The summed E-state index contributed by atoms with van der Waals surface area (Å²) in [4.78, 5) is 12.7. The quantitative estimate of drug-likeness (QED) is 0.624. The van der Waals surface area contributed by atoms with Gasteiger partial charge in [-0.15, -0.1) is 0 Å². The number of sulfonamides is 1. The molecule has 0 aromatic heterocycles. The zero-order valence-electron chi connectivity index (χ0n) is 17.4. The lowest BCUT2D eigenvalue weighted by Crippen LogP contribution is -2.27. The average Bonchev–Trinajstić information content (AvgIpc) is 3.44. The first-order chi connectivity index (χ1) is 14.8. The van der Waals surface area contributed by atoms with Crippen molar-refractivity contribution in [1.29, 1.82) is 0 Å². The van der Waals surface area contributed by atoms with Gasteiger partial charge in [0.15, 0.2) is 0 Å². The van der Waals surface area contributed by atoms with Gasteiger partial charge in [-0.1, -0.05) is 11.6 Å². The third-order valence-electron chi connectivity index (χ3n) is 5.20. The fraction of sp³-hybridized carbons (Fsp3) is 0.409. The Labute approximate surface area is 187 Å². The van der Waals surface area contributed by atoms with Crippen molar-refractivity contribution in [3.63, 3.8) is 0 Å². The fourth-order valence-corrected chi connectivity index (χ4v) is 5.35. The fourth-order valence-electron chi connectivity index (χ4n) is 3.52. The lowest BCUT2D eigenvalue weighted by Gasteiger charge is -2.14. The van der Waals surface area contributed by atoms with Crippen LogP contribution in [0.2, 0.25) is 5.02 Å². The predicted molar refractivity (Wildman–Crippen MR) is 117 cm³/mol. The normalized spacial score (nSPS) is 17.7. The first kappa shape index (κ1) is 21.9. The van der Waals surface area contributed by atoms with Gasteiger partial charge in [0.05, 0.1) is 11.6 Å². The van der Waals surface area contributed by atoms with E-state index in [-0.39, 0.29) is 34.2 Å². The van der Waals surface area contributed by atoms with Crippen LogP contribution < -0.4 is 19.5 Å². The van der Waals surface area contributed by atoms with E-state index in [1.807, 2.05) is 26.0 Å². The number of rotatable bonds is 8. The van der Waals surface area contributed by atoms with Gasteiger partial charge >= 0.3 is 0 Å². The Morgan fingerprint density at radius 3 is 2.74 bits per heavy atom. The smallest absolute Gasteiger partial charge is 0.251 e. The molecule has 2 aromatic carbocycles. The average molecular weight is 465 g/mol. The molecule has 166 valence electrons. The van der Waals surface area contributed by atoms with E-state index in [2.05, 4.69) is 10.0 Å². The van der Waals surface area contributed by atoms with Gasteiger partial charge < -0.3 is 14.8 Å². The number of carbonyl (C=O) groups excluding carboxylic acids is 1. The zero-order valence-corrected chi connectivity index (χ0v) is 19.0. The molecule has 2 aromatic rings. The Hall–Kier alpha value is -2.29. The van der Waals surface area contributed by atoms with Crippen LogP contribution in [0.15, 0.2) is 35.2 Å². The van der Waals surface area contributed by atoms with Crippen LogP contribution in [0.3, 0.4) is 0 Å². The van der Waals surface area contributed by atoms with E-state index < -0.39 is 15.9 Å². The van der Waals surface area contributed by atoms with Gasteiger partial charge in [-0.05, 0) is 57.0 Å². The van der Waals surface area contributed by atoms with E-state index in [9.17, 15) is 13.2 Å². The summed E-state index contributed by atoms with van der Waals surface area (Å²) in [6.07, 6.45) is 2.54. The van der Waals surface area contributed by atoms with Crippen LogP contribution >= 0.6 is 11.6 Å². The van der Waals surface area contributed by atoms with Gasteiger partial charge in [-0.25, -0.2) is 13.1 Å². The number of carbonyl (C=O) groups is 1. The number of hydrogen-bond acceptors (Lipinski definition) is 5. The van der Waals surface area contributed by atoms with Crippen LogP contribution in [0, 0.1) is 0 Å². The van der Waals surface area contributed by atoms with Crippen molar-refractivity contribution in [3.8, 4) is 11.5 Å². The van der Waals surface area contributed by atoms with Crippen molar-refractivity contribution in [1.82, 2.24) is 10.0 Å². The molecule has 1 fully saturated rings. The van der Waals surface area contributed by atoms with Gasteiger partial charge in [-0.3, -0.25) is 4.79 Å². The molecule has 0 radical (unpaired) electrons. The minimum atomic E-state index is -3.78. The molecule has 2 aliphatic rings. The third-order valence-corrected chi connectivity index (χ3v) is 7.20. The second-order valence-corrected chi connectivity index (χ2v) is 9.95. The summed E-state index contributed by atoms with van der Waals surface area (Å²) >= 11 is 6.10. The molecule has 0 unspecified atom stereocenters. The first-order valence-corrected chi connectivity index (χ1v) is 12.2. The van der Waals surface area contributed by atoms with E-state index in [1.54, 1.807) is 0 Å². The number of nitrogens with one attached hydrogen (secondary N) is 2. The molecule has 1 saturated carbocycles. The van der Waals surface area contributed by atoms with Crippen LogP contribution in [0.4, 0.5) is 0 Å². The summed E-state index contributed by atoms with van der Waals surface area (Å²) in [7, 11) is -3.78. The molecule has 0 saturated heterocycles. The van der Waals surface area contributed by atoms with Crippen molar-refractivity contribution < 1.29 is 22.7 Å². The minimum Gasteiger partial charge on any atom is -0.494 e. The Morgan fingerprint density at radius 2 is 2.03 bits per heavy atom. The summed E-state index contributed by atoms with van der Waals surface area (Å²) < 4.78 is 39.3. The summed E-state index contributed by atoms with van der Waals surface area (Å²) in [6, 6.07) is 8.03. The molecule has 2 N–H and O–H groups in total. The van der Waals surface area contributed by atoms with E-state index in [0.717, 1.165) is 36.1 Å². The molecular formula is C22H25ClN2O5S. The van der Waals surface area contributed by atoms with Crippen LogP contribution in [0.5, 0.6) is 11.5 Å². The van der Waals surface area contributed by atoms with Gasteiger partial charge in [0.2, 0.25) is 10.0 Å². The highest BCUT2D eigenvalue weighted by atomic mass is 35.5. The molecule has 1 aliphatic carbocycles. The maximum Gasteiger partial charge on any atom is 0.251 e. The highest BCUT2D eigenvalue weighted by molar-refractivity contribution is 7.89. The molecule has 1 aliphatic heterocycles. The van der Waals surface area contributed by atoms with Crippen molar-refractivity contribution in [2.24, 2.45) is 0 Å². The Bertz CT molecular complexity index is 1120. The Morgan fingerprint density at radius 1 is 1.26 bits per heavy atom. The number of amides is 1. The lowest BCUT2D eigenvalue weighted by atomic mass is 10.1. The number of ether oxygens (including phenoxy) is 2. The third kappa shape index (κ3) is 4.97. The highest BCUT2D eigenvalue weighted by Gasteiger charge is 2.30. The molecular weight excluding hydrogens is 440 g/mol. The second-order valence-electron chi connectivity index (χ2n) is 7.86. The molecule has 7 nitrogen and oxygen atoms in total. The number of fused-ring (bicyclic) bond motifs is 1. The maximum absolute atomic E-state index is 12.8. The molecule has 1 atom stereocenters.